The number of aliphatic carboxylic acids is 1. The highest BCUT2D eigenvalue weighted by Crippen LogP contribution is 2.19. The van der Waals surface area contributed by atoms with Crippen molar-refractivity contribution in [3.05, 3.63) is 54.2 Å². The molecule has 25 nitrogen and oxygen atoms in total. The molecule has 0 unspecified atom stereocenters. The van der Waals surface area contributed by atoms with E-state index in [0.717, 1.165) is 10.9 Å². The van der Waals surface area contributed by atoms with Gasteiger partial charge >= 0.3 is 5.97 Å². The van der Waals surface area contributed by atoms with E-state index in [1.807, 2.05) is 25.1 Å². The lowest BCUT2D eigenvalue weighted by molar-refractivity contribution is -0.143. The van der Waals surface area contributed by atoms with E-state index in [-0.39, 0.29) is 57.6 Å². The predicted molar refractivity (Wildman–Crippen MR) is 259 cm³/mol. The quantitative estimate of drug-likeness (QED) is 0.0170. The number of para-hydroxylation sites is 1. The van der Waals surface area contributed by atoms with Gasteiger partial charge < -0.3 is 80.3 Å². The molecule has 0 aliphatic carbocycles. The lowest BCUT2D eigenvalue weighted by Crippen LogP contribution is -2.59. The number of amides is 7. The molecule has 70 heavy (non-hydrogen) atoms. The maximum absolute atomic E-state index is 14.3. The molecule has 25 heteroatoms. The van der Waals surface area contributed by atoms with E-state index < -0.39 is 109 Å². The van der Waals surface area contributed by atoms with Gasteiger partial charge in [-0.2, -0.15) is 0 Å². The first kappa shape index (κ1) is 57.2. The van der Waals surface area contributed by atoms with Crippen molar-refractivity contribution in [1.29, 1.82) is 0 Å². The number of nitrogens with zero attached hydrogens (tertiary/aromatic N) is 2. The summed E-state index contributed by atoms with van der Waals surface area (Å²) in [5, 5.41) is 38.1. The second kappa shape index (κ2) is 29.7. The van der Waals surface area contributed by atoms with Crippen LogP contribution in [0.25, 0.3) is 10.9 Å². The fourth-order valence-corrected chi connectivity index (χ4v) is 7.26. The molecular weight excluding hydrogens is 911 g/mol. The zero-order valence-electron chi connectivity index (χ0n) is 39.9. The van der Waals surface area contributed by atoms with Gasteiger partial charge in [0.1, 0.15) is 36.3 Å². The molecule has 2 aromatic heterocycles. The normalized spacial score (nSPS) is 14.2. The van der Waals surface area contributed by atoms with Crippen LogP contribution in [0.4, 0.5) is 0 Å². The van der Waals surface area contributed by atoms with E-state index in [1.165, 1.54) is 12.5 Å². The topological polar surface area (TPSA) is 422 Å². The first-order chi connectivity index (χ1) is 33.4. The van der Waals surface area contributed by atoms with Crippen LogP contribution in [0, 0.1) is 5.92 Å². The Morgan fingerprint density at radius 2 is 1.33 bits per heavy atom. The number of aliphatic hydroxyl groups excluding tert-OH is 1. The maximum atomic E-state index is 14.3. The van der Waals surface area contributed by atoms with Gasteiger partial charge in [-0.3, -0.25) is 38.6 Å². The van der Waals surface area contributed by atoms with E-state index in [0.29, 0.717) is 36.9 Å². The summed E-state index contributed by atoms with van der Waals surface area (Å²) in [6.07, 6.45) is 7.21. The second-order valence-electron chi connectivity index (χ2n) is 17.2. The summed E-state index contributed by atoms with van der Waals surface area (Å²) in [5.41, 5.74) is 24.9. The Labute approximate surface area is 405 Å². The van der Waals surface area contributed by atoms with Crippen molar-refractivity contribution in [2.45, 2.75) is 127 Å². The third-order valence-electron chi connectivity index (χ3n) is 11.2. The number of aromatic nitrogens is 3. The van der Waals surface area contributed by atoms with Crippen LogP contribution in [0.1, 0.15) is 83.4 Å². The van der Waals surface area contributed by atoms with Crippen molar-refractivity contribution in [2.75, 3.05) is 26.2 Å². The van der Waals surface area contributed by atoms with Crippen LogP contribution in [0.15, 0.2) is 48.0 Å². The first-order valence-corrected chi connectivity index (χ1v) is 23.3. The van der Waals surface area contributed by atoms with Crippen molar-refractivity contribution in [2.24, 2.45) is 33.8 Å². The zero-order valence-corrected chi connectivity index (χ0v) is 39.9. The average Bonchev–Trinajstić information content (AvgIpc) is 4.00. The molecule has 0 radical (unpaired) electrons. The highest BCUT2D eigenvalue weighted by atomic mass is 16.4. The Morgan fingerprint density at radius 1 is 0.729 bits per heavy atom. The standard InChI is InChI=1S/C45H71N15O10/c1-4-5-12-32(56-38(63)29(47)19-27-21-50-24-54-27)41(66)57-33(15-10-17-51-45(48)49)42(67)58-34(18-26-20-52-30-13-7-6-11-28(26)30)39(64)53-22-36(62)55-31(14-8-9-16-46)40(65)59-35(23-61)43(68)60-37(25(2)3)44(69)70/h6-7,11,13,20-21,24-25,29,31-35,37,52,61H,4-5,8-10,12,14-19,22-23,46-47H2,1-3H3,(H,50,54)(H,53,64)(H,55,62)(H,56,63)(H,57,66)(H,58,67)(H,59,65)(H,60,68)(H,69,70)(H4,48,49,51)/t29-,31-,32+,33-,34-,35-,37-/m0/s1. The fourth-order valence-electron chi connectivity index (χ4n) is 7.26. The van der Waals surface area contributed by atoms with Gasteiger partial charge in [-0.25, -0.2) is 9.78 Å². The molecule has 3 aromatic rings. The van der Waals surface area contributed by atoms with Crippen LogP contribution in [-0.4, -0.2) is 147 Å². The molecule has 0 saturated heterocycles. The molecule has 1 aromatic carbocycles. The number of aromatic amines is 2. The molecule has 0 bridgehead atoms. The van der Waals surface area contributed by atoms with Crippen molar-refractivity contribution in [1.82, 2.24) is 52.2 Å². The van der Waals surface area contributed by atoms with E-state index in [2.05, 4.69) is 57.2 Å². The van der Waals surface area contributed by atoms with E-state index in [1.54, 1.807) is 26.1 Å². The molecule has 3 rings (SSSR count). The van der Waals surface area contributed by atoms with Gasteiger partial charge in [-0.05, 0) is 62.6 Å². The average molecular weight is 982 g/mol. The minimum absolute atomic E-state index is 0.00373. The lowest BCUT2D eigenvalue weighted by atomic mass is 10.0. The fraction of sp³-hybridized carbons (Fsp3) is 0.556. The molecule has 7 amide bonds. The molecule has 0 saturated carbocycles. The molecule has 19 N–H and O–H groups in total. The Balaban J connectivity index is 1.85. The number of nitrogens with two attached hydrogens (primary N) is 4. The summed E-state index contributed by atoms with van der Waals surface area (Å²) in [6, 6.07) is -1.62. The molecule has 0 spiro atoms. The van der Waals surface area contributed by atoms with Crippen molar-refractivity contribution < 1.29 is 48.6 Å². The van der Waals surface area contributed by atoms with Gasteiger partial charge in [0, 0.05) is 48.4 Å². The number of aliphatic hydroxyl groups is 1. The number of carbonyl (C=O) groups is 8. The monoisotopic (exact) mass is 982 g/mol. The number of hydrogen-bond donors (Lipinski definition) is 15. The number of carbonyl (C=O) groups excluding carboxylic acids is 7. The van der Waals surface area contributed by atoms with Crippen LogP contribution in [0.5, 0.6) is 0 Å². The number of unbranched alkanes of at least 4 members (excludes halogenated alkanes) is 2. The number of carboxylic acid groups (broad SMARTS) is 1. The van der Waals surface area contributed by atoms with Gasteiger partial charge in [0.2, 0.25) is 41.4 Å². The number of imidazole rings is 1. The van der Waals surface area contributed by atoms with Crippen molar-refractivity contribution in [3.63, 3.8) is 0 Å². The van der Waals surface area contributed by atoms with Crippen molar-refractivity contribution >= 4 is 64.2 Å². The summed E-state index contributed by atoms with van der Waals surface area (Å²) >= 11 is 0. The predicted octanol–water partition coefficient (Wildman–Crippen LogP) is -2.87. The van der Waals surface area contributed by atoms with Crippen molar-refractivity contribution in [3.8, 4) is 0 Å². The maximum Gasteiger partial charge on any atom is 0.326 e. The highest BCUT2D eigenvalue weighted by molar-refractivity contribution is 5.97. The third-order valence-corrected chi connectivity index (χ3v) is 11.2. The number of rotatable bonds is 32. The summed E-state index contributed by atoms with van der Waals surface area (Å²) in [5.74, 6) is -7.54. The molecule has 0 aliphatic rings. The molecular formula is C45H71N15O10. The lowest BCUT2D eigenvalue weighted by Gasteiger charge is -2.26. The second-order valence-corrected chi connectivity index (χ2v) is 17.2. The van der Waals surface area contributed by atoms with E-state index >= 15 is 0 Å². The first-order valence-electron chi connectivity index (χ1n) is 23.3. The number of carboxylic acids is 1. The minimum atomic E-state index is -1.56. The number of H-pyrrole nitrogens is 2. The molecule has 7 atom stereocenters. The SMILES string of the molecule is CCCC[C@@H](NC(=O)[C@@H](N)Cc1cnc[nH]1)C(=O)N[C@@H](CCCN=C(N)N)C(=O)N[C@@H](Cc1c[nH]c2ccccc12)C(=O)NCC(=O)N[C@@H](CCCCN)C(=O)N[C@@H](CO)C(=O)N[C@H](C(=O)O)C(C)C. The van der Waals surface area contributed by atoms with E-state index in [4.69, 9.17) is 22.9 Å². The van der Waals surface area contributed by atoms with Crippen LogP contribution in [-0.2, 0) is 51.2 Å². The summed E-state index contributed by atoms with van der Waals surface area (Å²) in [6.45, 7) is 3.85. The largest absolute Gasteiger partial charge is 0.480 e. The van der Waals surface area contributed by atoms with Gasteiger partial charge in [-0.1, -0.05) is 51.8 Å². The van der Waals surface area contributed by atoms with Gasteiger partial charge in [0.25, 0.3) is 0 Å². The Morgan fingerprint density at radius 3 is 1.93 bits per heavy atom. The smallest absolute Gasteiger partial charge is 0.326 e. The molecule has 0 aliphatic heterocycles. The third kappa shape index (κ3) is 19.1. The summed E-state index contributed by atoms with van der Waals surface area (Å²) in [4.78, 5) is 121. The number of nitrogens with one attached hydrogen (secondary N) is 9. The molecule has 0 fully saturated rings. The van der Waals surface area contributed by atoms with Gasteiger partial charge in [0.05, 0.1) is 25.5 Å². The number of hydrogen-bond acceptors (Lipinski definition) is 13. The van der Waals surface area contributed by atoms with Crippen LogP contribution < -0.4 is 60.2 Å². The van der Waals surface area contributed by atoms with Crippen LogP contribution >= 0.6 is 0 Å². The van der Waals surface area contributed by atoms with Crippen LogP contribution in [0.2, 0.25) is 0 Å². The Bertz CT molecular complexity index is 2210. The molecule has 2 heterocycles. The number of benzene rings is 1. The Hall–Kier alpha value is -7.12. The highest BCUT2D eigenvalue weighted by Gasteiger charge is 2.33. The zero-order chi connectivity index (χ0) is 51.8. The summed E-state index contributed by atoms with van der Waals surface area (Å²) < 4.78 is 0. The Kier molecular flexibility index (Phi) is 24.3. The summed E-state index contributed by atoms with van der Waals surface area (Å²) in [7, 11) is 0. The number of guanidine groups is 1. The van der Waals surface area contributed by atoms with E-state index in [9.17, 15) is 48.6 Å². The van der Waals surface area contributed by atoms with Gasteiger partial charge in [0.15, 0.2) is 5.96 Å². The number of aliphatic imine (C=N–C) groups is 1. The minimum Gasteiger partial charge on any atom is -0.480 e. The molecule has 386 valence electrons. The van der Waals surface area contributed by atoms with Crippen LogP contribution in [0.3, 0.4) is 0 Å². The van der Waals surface area contributed by atoms with Gasteiger partial charge in [-0.15, -0.1) is 0 Å². The number of fused-ring (bicyclic) bond motifs is 1.